The SMILES string of the molecule is CC(Nc1ncc([N+](=O)[O-])c(N)n1)C1CCCN(C2CCC2)C1. The molecule has 2 heterocycles. The summed E-state index contributed by atoms with van der Waals surface area (Å²) in [5.41, 5.74) is 5.37. The highest BCUT2D eigenvalue weighted by Gasteiger charge is 2.31. The number of aromatic nitrogens is 2. The van der Waals surface area contributed by atoms with Gasteiger partial charge in [0.2, 0.25) is 11.8 Å². The number of rotatable bonds is 5. The van der Waals surface area contributed by atoms with Gasteiger partial charge in [-0.15, -0.1) is 0 Å². The maximum atomic E-state index is 10.8. The molecule has 0 spiro atoms. The van der Waals surface area contributed by atoms with Gasteiger partial charge in [-0.25, -0.2) is 4.98 Å². The van der Waals surface area contributed by atoms with Crippen molar-refractivity contribution in [2.75, 3.05) is 24.1 Å². The molecule has 1 saturated carbocycles. The van der Waals surface area contributed by atoms with E-state index >= 15 is 0 Å². The van der Waals surface area contributed by atoms with Crippen molar-refractivity contribution in [3.05, 3.63) is 16.3 Å². The summed E-state index contributed by atoms with van der Waals surface area (Å²) in [6.45, 7) is 4.42. The number of nitrogens with one attached hydrogen (secondary N) is 1. The first-order valence-electron chi connectivity index (χ1n) is 8.32. The molecule has 1 aromatic heterocycles. The third kappa shape index (κ3) is 3.52. The molecule has 0 radical (unpaired) electrons. The van der Waals surface area contributed by atoms with Crippen LogP contribution in [0, 0.1) is 16.0 Å². The quantitative estimate of drug-likeness (QED) is 0.631. The predicted molar refractivity (Wildman–Crippen MR) is 88.1 cm³/mol. The van der Waals surface area contributed by atoms with Gasteiger partial charge in [-0.3, -0.25) is 10.1 Å². The molecule has 0 amide bonds. The minimum atomic E-state index is -0.569. The van der Waals surface area contributed by atoms with Crippen LogP contribution in [-0.2, 0) is 0 Å². The minimum absolute atomic E-state index is 0.0977. The first-order chi connectivity index (χ1) is 11.0. The summed E-state index contributed by atoms with van der Waals surface area (Å²) in [6, 6.07) is 0.981. The number of anilines is 2. The van der Waals surface area contributed by atoms with E-state index in [1.54, 1.807) is 0 Å². The summed E-state index contributed by atoms with van der Waals surface area (Å²) in [7, 11) is 0. The maximum Gasteiger partial charge on any atom is 0.329 e. The highest BCUT2D eigenvalue weighted by Crippen LogP contribution is 2.30. The molecule has 2 unspecified atom stereocenters. The maximum absolute atomic E-state index is 10.8. The van der Waals surface area contributed by atoms with Gasteiger partial charge < -0.3 is 16.0 Å². The van der Waals surface area contributed by atoms with Gasteiger partial charge in [0.05, 0.1) is 4.92 Å². The number of nitrogens with zero attached hydrogens (tertiary/aromatic N) is 4. The van der Waals surface area contributed by atoms with E-state index in [9.17, 15) is 10.1 Å². The van der Waals surface area contributed by atoms with Gasteiger partial charge in [0.15, 0.2) is 0 Å². The van der Waals surface area contributed by atoms with E-state index in [2.05, 4.69) is 27.1 Å². The molecular formula is C15H24N6O2. The average molecular weight is 320 g/mol. The highest BCUT2D eigenvalue weighted by atomic mass is 16.6. The van der Waals surface area contributed by atoms with Gasteiger partial charge in [-0.2, -0.15) is 4.98 Å². The minimum Gasteiger partial charge on any atom is -0.378 e. The molecule has 1 aromatic rings. The van der Waals surface area contributed by atoms with Crippen molar-refractivity contribution in [1.29, 1.82) is 0 Å². The van der Waals surface area contributed by atoms with Crippen LogP contribution in [0.15, 0.2) is 6.20 Å². The van der Waals surface area contributed by atoms with Crippen molar-refractivity contribution >= 4 is 17.5 Å². The Bertz CT molecular complexity index is 577. The van der Waals surface area contributed by atoms with Gasteiger partial charge in [-0.05, 0) is 45.1 Å². The van der Waals surface area contributed by atoms with Gasteiger partial charge in [0.1, 0.15) is 6.20 Å². The Hall–Kier alpha value is -1.96. The topological polar surface area (TPSA) is 110 Å². The Balaban J connectivity index is 1.60. The summed E-state index contributed by atoms with van der Waals surface area (Å²) >= 11 is 0. The lowest BCUT2D eigenvalue weighted by Gasteiger charge is -2.43. The van der Waals surface area contributed by atoms with Crippen LogP contribution in [-0.4, -0.2) is 45.0 Å². The van der Waals surface area contributed by atoms with Crippen molar-refractivity contribution in [3.63, 3.8) is 0 Å². The number of likely N-dealkylation sites (tertiary alicyclic amines) is 1. The Morgan fingerprint density at radius 2 is 2.22 bits per heavy atom. The lowest BCUT2D eigenvalue weighted by molar-refractivity contribution is -0.384. The number of nitrogen functional groups attached to an aromatic ring is 1. The Morgan fingerprint density at radius 1 is 1.43 bits per heavy atom. The molecule has 8 nitrogen and oxygen atoms in total. The van der Waals surface area contributed by atoms with E-state index in [0.29, 0.717) is 11.9 Å². The molecule has 3 N–H and O–H groups in total. The first-order valence-corrected chi connectivity index (χ1v) is 8.32. The van der Waals surface area contributed by atoms with Gasteiger partial charge in [0.25, 0.3) is 0 Å². The number of hydrogen-bond donors (Lipinski definition) is 2. The van der Waals surface area contributed by atoms with E-state index in [1.165, 1.54) is 44.8 Å². The number of piperidine rings is 1. The summed E-state index contributed by atoms with van der Waals surface area (Å²) in [5, 5.41) is 14.0. The molecule has 2 atom stereocenters. The number of hydrogen-bond acceptors (Lipinski definition) is 7. The Morgan fingerprint density at radius 3 is 2.83 bits per heavy atom. The molecule has 2 aliphatic rings. The normalized spacial score (nSPS) is 24.0. The lowest BCUT2D eigenvalue weighted by Crippen LogP contribution is -2.48. The zero-order chi connectivity index (χ0) is 16.4. The van der Waals surface area contributed by atoms with Crippen LogP contribution < -0.4 is 11.1 Å². The Labute approximate surface area is 135 Å². The van der Waals surface area contributed by atoms with Crippen molar-refractivity contribution in [3.8, 4) is 0 Å². The zero-order valence-corrected chi connectivity index (χ0v) is 13.4. The lowest BCUT2D eigenvalue weighted by atomic mass is 9.86. The van der Waals surface area contributed by atoms with E-state index in [-0.39, 0.29) is 17.5 Å². The number of nitrogens with two attached hydrogens (primary N) is 1. The van der Waals surface area contributed by atoms with E-state index in [1.807, 2.05) is 0 Å². The van der Waals surface area contributed by atoms with E-state index in [0.717, 1.165) is 12.6 Å². The van der Waals surface area contributed by atoms with E-state index < -0.39 is 4.92 Å². The third-order valence-corrected chi connectivity index (χ3v) is 5.14. The molecule has 8 heteroatoms. The molecule has 1 aliphatic carbocycles. The Kier molecular flexibility index (Phi) is 4.61. The van der Waals surface area contributed by atoms with Gasteiger partial charge in [0, 0.05) is 18.6 Å². The molecule has 126 valence electrons. The monoisotopic (exact) mass is 320 g/mol. The van der Waals surface area contributed by atoms with Crippen LogP contribution in [0.4, 0.5) is 17.5 Å². The van der Waals surface area contributed by atoms with Crippen LogP contribution in [0.2, 0.25) is 0 Å². The van der Waals surface area contributed by atoms with Crippen LogP contribution in [0.5, 0.6) is 0 Å². The molecule has 3 rings (SSSR count). The smallest absolute Gasteiger partial charge is 0.329 e. The van der Waals surface area contributed by atoms with Crippen LogP contribution >= 0.6 is 0 Å². The van der Waals surface area contributed by atoms with Crippen LogP contribution in [0.1, 0.15) is 39.0 Å². The zero-order valence-electron chi connectivity index (χ0n) is 13.4. The second-order valence-electron chi connectivity index (χ2n) is 6.64. The molecule has 0 bridgehead atoms. The number of nitro groups is 1. The van der Waals surface area contributed by atoms with Crippen LogP contribution in [0.3, 0.4) is 0 Å². The van der Waals surface area contributed by atoms with Crippen molar-refractivity contribution in [2.24, 2.45) is 5.92 Å². The van der Waals surface area contributed by atoms with Crippen molar-refractivity contribution < 1.29 is 4.92 Å². The fraction of sp³-hybridized carbons (Fsp3) is 0.733. The largest absolute Gasteiger partial charge is 0.378 e. The van der Waals surface area contributed by atoms with Gasteiger partial charge >= 0.3 is 5.69 Å². The van der Waals surface area contributed by atoms with Crippen LogP contribution in [0.25, 0.3) is 0 Å². The fourth-order valence-electron chi connectivity index (χ4n) is 3.45. The first kappa shape index (κ1) is 15.9. The molecule has 1 aliphatic heterocycles. The molecule has 2 fully saturated rings. The van der Waals surface area contributed by atoms with Crippen molar-refractivity contribution in [1.82, 2.24) is 14.9 Å². The summed E-state index contributed by atoms with van der Waals surface area (Å²) in [5.74, 6) is 0.796. The van der Waals surface area contributed by atoms with Gasteiger partial charge in [-0.1, -0.05) is 6.42 Å². The molecule has 23 heavy (non-hydrogen) atoms. The average Bonchev–Trinajstić information content (AvgIpc) is 2.45. The van der Waals surface area contributed by atoms with E-state index in [4.69, 9.17) is 5.73 Å². The third-order valence-electron chi connectivity index (χ3n) is 5.14. The molecular weight excluding hydrogens is 296 g/mol. The second-order valence-corrected chi connectivity index (χ2v) is 6.64. The molecule has 1 saturated heterocycles. The standard InChI is InChI=1S/C15H24N6O2/c1-10(11-4-3-7-20(9-11)12-5-2-6-12)18-15-17-8-13(21(22)23)14(16)19-15/h8,10-12H,2-7,9H2,1H3,(H3,16,17,18,19). The summed E-state index contributed by atoms with van der Waals surface area (Å²) in [6.07, 6.45) is 7.58. The predicted octanol–water partition coefficient (Wildman–Crippen LogP) is 2.03. The second kappa shape index (κ2) is 6.66. The summed E-state index contributed by atoms with van der Waals surface area (Å²) < 4.78 is 0. The fourth-order valence-corrected chi connectivity index (χ4v) is 3.45. The summed E-state index contributed by atoms with van der Waals surface area (Å²) in [4.78, 5) is 20.8. The molecule has 0 aromatic carbocycles. The van der Waals surface area contributed by atoms with Crippen molar-refractivity contribution in [2.45, 2.75) is 51.1 Å². The highest BCUT2D eigenvalue weighted by molar-refractivity contribution is 5.53.